The fraction of sp³-hybridized carbons (Fsp3) is 0.344. The van der Waals surface area contributed by atoms with Crippen molar-refractivity contribution >= 4 is 26.0 Å². The summed E-state index contributed by atoms with van der Waals surface area (Å²) in [6.07, 6.45) is -5.35. The summed E-state index contributed by atoms with van der Waals surface area (Å²) >= 11 is 0. The van der Waals surface area contributed by atoms with Gasteiger partial charge in [0.1, 0.15) is 0 Å². The van der Waals surface area contributed by atoms with E-state index in [1.807, 2.05) is 0 Å². The van der Waals surface area contributed by atoms with Crippen LogP contribution in [0.2, 0.25) is 25.7 Å². The fourth-order valence-electron chi connectivity index (χ4n) is 4.31. The highest BCUT2D eigenvalue weighted by Crippen LogP contribution is 2.31. The highest BCUT2D eigenvalue weighted by molar-refractivity contribution is 6.76. The van der Waals surface area contributed by atoms with Gasteiger partial charge in [-0.3, -0.25) is 0 Å². The first-order chi connectivity index (χ1) is 19.6. The molecule has 0 aromatic heterocycles. The van der Waals surface area contributed by atoms with Crippen molar-refractivity contribution in [3.8, 4) is 0 Å². The predicted octanol–water partition coefficient (Wildman–Crippen LogP) is 5.76. The van der Waals surface area contributed by atoms with Crippen molar-refractivity contribution in [1.29, 1.82) is 0 Å². The lowest BCUT2D eigenvalue weighted by molar-refractivity contribution is -0.289. The number of carbonyl (C=O) groups excluding carboxylic acids is 3. The topological polar surface area (TPSA) is 97.4 Å². The molecule has 1 heterocycles. The molecule has 9 heteroatoms. The molecule has 8 nitrogen and oxygen atoms in total. The Kier molecular flexibility index (Phi) is 10.1. The van der Waals surface area contributed by atoms with Crippen LogP contribution in [-0.2, 0) is 23.7 Å². The van der Waals surface area contributed by atoms with Crippen LogP contribution in [0.3, 0.4) is 0 Å². The molecule has 41 heavy (non-hydrogen) atoms. The second-order valence-electron chi connectivity index (χ2n) is 11.1. The maximum absolute atomic E-state index is 13.3. The zero-order valence-corrected chi connectivity index (χ0v) is 24.7. The van der Waals surface area contributed by atoms with E-state index in [0.717, 1.165) is 6.04 Å². The molecule has 0 amide bonds. The first-order valence-corrected chi connectivity index (χ1v) is 17.4. The molecule has 0 N–H and O–H groups in total. The van der Waals surface area contributed by atoms with Crippen molar-refractivity contribution in [2.24, 2.45) is 0 Å². The largest absolute Gasteiger partial charge is 0.452 e. The molecule has 0 unspecified atom stereocenters. The van der Waals surface area contributed by atoms with Crippen LogP contribution in [0.4, 0.5) is 0 Å². The molecule has 1 fully saturated rings. The van der Waals surface area contributed by atoms with Gasteiger partial charge in [0.2, 0.25) is 0 Å². The highest BCUT2D eigenvalue weighted by Gasteiger charge is 2.52. The number of benzene rings is 3. The second kappa shape index (κ2) is 13.7. The standard InChI is InChI=1S/C32H36O8Si/c1-22-26(38-29(33)23-14-8-5-9-15-23)27(39-30(34)24-16-10-6-11-17-24)28(32(37-22)36-20-21-41(2,3)4)40-31(35)25-18-12-7-13-19-25/h5-19,22,26-28,32H,20-21H2,1-4H3/t22-,26-,27+,28+,32+/m0/s1. The van der Waals surface area contributed by atoms with E-state index in [9.17, 15) is 14.4 Å². The summed E-state index contributed by atoms with van der Waals surface area (Å²) in [7, 11) is -1.47. The zero-order valence-electron chi connectivity index (χ0n) is 23.7. The van der Waals surface area contributed by atoms with E-state index < -0.39 is 56.7 Å². The number of hydrogen-bond acceptors (Lipinski definition) is 8. The average molecular weight is 577 g/mol. The first kappa shape index (κ1) is 30.2. The van der Waals surface area contributed by atoms with Crippen LogP contribution in [0.1, 0.15) is 38.0 Å². The van der Waals surface area contributed by atoms with E-state index in [4.69, 9.17) is 23.7 Å². The summed E-state index contributed by atoms with van der Waals surface area (Å²) in [5, 5.41) is 0. The van der Waals surface area contributed by atoms with Crippen molar-refractivity contribution in [1.82, 2.24) is 0 Å². The first-order valence-electron chi connectivity index (χ1n) is 13.7. The van der Waals surface area contributed by atoms with Gasteiger partial charge in [-0.05, 0) is 49.4 Å². The molecule has 0 saturated carbocycles. The molecule has 216 valence electrons. The fourth-order valence-corrected chi connectivity index (χ4v) is 5.04. The van der Waals surface area contributed by atoms with Crippen molar-refractivity contribution in [3.05, 3.63) is 108 Å². The van der Waals surface area contributed by atoms with E-state index in [1.54, 1.807) is 97.9 Å². The molecule has 3 aromatic carbocycles. The van der Waals surface area contributed by atoms with Crippen LogP contribution in [-0.4, -0.2) is 63.3 Å². The molecular weight excluding hydrogens is 540 g/mol. The molecule has 5 atom stereocenters. The molecule has 3 aromatic rings. The van der Waals surface area contributed by atoms with Gasteiger partial charge >= 0.3 is 17.9 Å². The molecule has 1 aliphatic heterocycles. The third-order valence-corrected chi connectivity index (χ3v) is 8.32. The predicted molar refractivity (Wildman–Crippen MR) is 155 cm³/mol. The summed E-state index contributed by atoms with van der Waals surface area (Å²) < 4.78 is 30.1. The zero-order chi connectivity index (χ0) is 29.4. The lowest BCUT2D eigenvalue weighted by atomic mass is 9.98. The Morgan fingerprint density at radius 2 is 1.02 bits per heavy atom. The number of ether oxygens (including phenoxy) is 5. The second-order valence-corrected chi connectivity index (χ2v) is 16.7. The molecule has 0 aliphatic carbocycles. The maximum atomic E-state index is 13.3. The van der Waals surface area contributed by atoms with Gasteiger partial charge in [-0.1, -0.05) is 74.2 Å². The van der Waals surface area contributed by atoms with Crippen LogP contribution in [0.25, 0.3) is 0 Å². The molecule has 4 rings (SSSR count). The molecule has 0 bridgehead atoms. The van der Waals surface area contributed by atoms with E-state index in [-0.39, 0.29) is 0 Å². The van der Waals surface area contributed by atoms with E-state index in [1.165, 1.54) is 0 Å². The Bertz CT molecular complexity index is 1290. The van der Waals surface area contributed by atoms with Gasteiger partial charge in [0.25, 0.3) is 0 Å². The van der Waals surface area contributed by atoms with Crippen LogP contribution in [0, 0.1) is 0 Å². The normalized spacial score (nSPS) is 22.4. The van der Waals surface area contributed by atoms with Crippen molar-refractivity contribution in [2.75, 3.05) is 6.61 Å². The van der Waals surface area contributed by atoms with Crippen molar-refractivity contribution in [3.63, 3.8) is 0 Å². The number of hydrogen-bond donors (Lipinski definition) is 0. The van der Waals surface area contributed by atoms with E-state index in [2.05, 4.69) is 19.6 Å². The molecule has 0 radical (unpaired) electrons. The number of rotatable bonds is 10. The minimum Gasteiger partial charge on any atom is -0.452 e. The van der Waals surface area contributed by atoms with Gasteiger partial charge in [-0.2, -0.15) is 0 Å². The summed E-state index contributed by atoms with van der Waals surface area (Å²) in [5.41, 5.74) is 0.918. The average Bonchev–Trinajstić information content (AvgIpc) is 2.97. The maximum Gasteiger partial charge on any atom is 0.338 e. The van der Waals surface area contributed by atoms with Crippen LogP contribution in [0.5, 0.6) is 0 Å². The molecule has 1 aliphatic rings. The lowest BCUT2D eigenvalue weighted by Crippen LogP contribution is -2.61. The summed E-state index contributed by atoms with van der Waals surface area (Å²) in [6, 6.07) is 26.2. The summed E-state index contributed by atoms with van der Waals surface area (Å²) in [4.78, 5) is 39.7. The van der Waals surface area contributed by atoms with Gasteiger partial charge in [-0.15, -0.1) is 0 Å². The van der Waals surface area contributed by atoms with Crippen LogP contribution in [0.15, 0.2) is 91.0 Å². The van der Waals surface area contributed by atoms with Crippen LogP contribution >= 0.6 is 0 Å². The quantitative estimate of drug-likeness (QED) is 0.171. The van der Waals surface area contributed by atoms with Gasteiger partial charge in [0.15, 0.2) is 24.6 Å². The smallest absolute Gasteiger partial charge is 0.338 e. The Balaban J connectivity index is 1.68. The van der Waals surface area contributed by atoms with Crippen molar-refractivity contribution in [2.45, 2.75) is 63.3 Å². The lowest BCUT2D eigenvalue weighted by Gasteiger charge is -2.43. The van der Waals surface area contributed by atoms with Crippen molar-refractivity contribution < 1.29 is 38.1 Å². The van der Waals surface area contributed by atoms with Gasteiger partial charge in [0.05, 0.1) is 22.8 Å². The third-order valence-electron chi connectivity index (χ3n) is 6.62. The number of esters is 3. The van der Waals surface area contributed by atoms with E-state index >= 15 is 0 Å². The van der Waals surface area contributed by atoms with Gasteiger partial charge in [-0.25, -0.2) is 14.4 Å². The highest BCUT2D eigenvalue weighted by atomic mass is 28.3. The Hall–Kier alpha value is -3.79. The van der Waals surface area contributed by atoms with E-state index in [0.29, 0.717) is 23.3 Å². The number of carbonyl (C=O) groups is 3. The third kappa shape index (κ3) is 8.36. The van der Waals surface area contributed by atoms with Crippen LogP contribution < -0.4 is 0 Å². The molecular formula is C32H36O8Si. The Morgan fingerprint density at radius 1 is 0.634 bits per heavy atom. The molecule has 1 saturated heterocycles. The Morgan fingerprint density at radius 3 is 1.44 bits per heavy atom. The Labute approximate surface area is 241 Å². The molecule has 0 spiro atoms. The van der Waals surface area contributed by atoms with Gasteiger partial charge < -0.3 is 23.7 Å². The summed E-state index contributed by atoms with van der Waals surface area (Å²) in [5.74, 6) is -1.94. The van der Waals surface area contributed by atoms with Gasteiger partial charge in [0, 0.05) is 14.7 Å². The SMILES string of the molecule is C[C@@H]1O[C@@H](OCC[Si](C)(C)C)[C@H](OC(=O)c2ccccc2)[C@H](OC(=O)c2ccccc2)[C@H]1OC(=O)c1ccccc1. The minimum absolute atomic E-state index is 0.295. The monoisotopic (exact) mass is 576 g/mol. The summed E-state index contributed by atoms with van der Waals surface area (Å²) in [6.45, 7) is 8.72. The minimum atomic E-state index is -1.47.